The van der Waals surface area contributed by atoms with Crippen LogP contribution in [0.2, 0.25) is 0 Å². The lowest BCUT2D eigenvalue weighted by atomic mass is 9.82. The molecule has 676 valence electrons. The van der Waals surface area contributed by atoms with Crippen molar-refractivity contribution < 1.29 is 82.8 Å². The number of benzene rings is 6. The van der Waals surface area contributed by atoms with Crippen LogP contribution in [0.15, 0.2) is 207 Å². The van der Waals surface area contributed by atoms with Crippen LogP contribution in [0.1, 0.15) is 138 Å². The summed E-state index contributed by atoms with van der Waals surface area (Å²) < 4.78 is 150. The summed E-state index contributed by atoms with van der Waals surface area (Å²) in [5.74, 6) is -4.60. The lowest BCUT2D eigenvalue weighted by Crippen LogP contribution is -2.41. The average molecular weight is 1840 g/mol. The number of hydrogen-bond donors (Lipinski definition) is 2. The number of piperidine rings is 3. The molecule has 6 aromatic carbocycles. The van der Waals surface area contributed by atoms with E-state index in [0.717, 1.165) is 208 Å². The number of aliphatic carboxylic acids is 2. The Morgan fingerprint density at radius 1 is 0.411 bits per heavy atom. The summed E-state index contributed by atoms with van der Waals surface area (Å²) in [7, 11) is -0.332. The van der Waals surface area contributed by atoms with Gasteiger partial charge in [0, 0.05) is 155 Å². The Hall–Kier alpha value is -11.4. The van der Waals surface area contributed by atoms with Crippen LogP contribution in [-0.4, -0.2) is 190 Å². The smallest absolute Gasteiger partial charge is 0.475 e. The van der Waals surface area contributed by atoms with E-state index in [2.05, 4.69) is 187 Å². The van der Waals surface area contributed by atoms with Gasteiger partial charge in [0.05, 0.1) is 134 Å². The van der Waals surface area contributed by atoms with E-state index in [1.54, 1.807) is 36.4 Å². The van der Waals surface area contributed by atoms with Gasteiger partial charge in [-0.05, 0) is 181 Å². The molecule has 0 spiro atoms. The zero-order valence-electron chi connectivity index (χ0n) is 71.4. The number of ether oxygens (including phenoxy) is 3. The van der Waals surface area contributed by atoms with Crippen LogP contribution in [0.25, 0.3) is 56.0 Å². The predicted octanol–water partition coefficient (Wildman–Crippen LogP) is 18.3. The lowest BCUT2D eigenvalue weighted by molar-refractivity contribution is -0.193. The van der Waals surface area contributed by atoms with Gasteiger partial charge < -0.3 is 62.1 Å². The van der Waals surface area contributed by atoms with Crippen LogP contribution in [0.5, 0.6) is 0 Å². The third kappa shape index (κ3) is 19.1. The highest BCUT2D eigenvalue weighted by atomic mass is 79.9. The van der Waals surface area contributed by atoms with E-state index in [1.807, 2.05) is 94.6 Å². The van der Waals surface area contributed by atoms with Crippen LogP contribution >= 0.6 is 15.9 Å². The molecular weight excluding hydrogens is 1740 g/mol. The molecule has 0 radical (unpaired) electrons. The lowest BCUT2D eigenvalue weighted by Gasteiger charge is -2.37. The first-order chi connectivity index (χ1) is 62.0. The molecule has 22 rings (SSSR count). The number of nitrogens with zero attached hydrogens (tertiary/aromatic N) is 15. The first-order valence-corrected chi connectivity index (χ1v) is 44.3. The molecule has 2 N–H and O–H groups in total. The molecule has 4 unspecified atom stereocenters. The summed E-state index contributed by atoms with van der Waals surface area (Å²) in [6.45, 7) is 18.8. The normalized spacial score (nSPS) is 21.3. The van der Waals surface area contributed by atoms with E-state index < -0.39 is 24.3 Å². The fourth-order valence-electron chi connectivity index (χ4n) is 19.2. The number of carboxylic acid groups (broad SMARTS) is 2. The molecule has 7 fully saturated rings. The number of carbonyl (C=O) groups is 2. The van der Waals surface area contributed by atoms with E-state index in [9.17, 15) is 39.5 Å². The van der Waals surface area contributed by atoms with Gasteiger partial charge in [0.15, 0.2) is 0 Å². The first-order valence-electron chi connectivity index (χ1n) is 43.5. The Balaban J connectivity index is 0.000000117. The molecule has 16 heterocycles. The molecular formula is C94H98BBrF9N15O9. The Labute approximate surface area is 747 Å². The van der Waals surface area contributed by atoms with Gasteiger partial charge in [-0.25, -0.2) is 37.7 Å². The standard InChI is InChI=1S/2C28H28FN5O.C21H19BrFN3.C13H21BN2O3.2C2HF3O2/c2*29-25-3-1-2-24-26-15-30-18-33(26)28(27(24)25)20-8-11-32(12-9-20)22-6-4-19(5-7-22)21-14-31-34(16-21)23-10-13-35-17-23;22-15-4-6-16(7-5-15)25-10-8-14(9-11-25)21-20-17(2-1-3-18(20)23)19-12-24-13-26(19)21;1-12(2)13(3,4)19-14(18-12)10-7-15-16(8-10)11-5-6-17-9-11;2*3-2(4,5)1(6)7/h2*1-7,14-16,18,20,23,28H,8-13,17H2;1-7,12-14,21H,8-11H2;7-8,11H,5-6,9H2,1-4H3;2*(H,6,7)/t2*23-,28?;;;;/m11..../s1. The SMILES string of the molecule is CC1(C)OB(c2cnn(C3CCOC3)c2)OC1(C)C.Fc1cccc2c1C(C1CCN(c3ccc(-c4cnn([C@@H]5CCOC5)c4)cc3)CC1)n1cncc1-2.Fc1cccc2c1C(C1CCN(c3ccc(-c4cnn([C@@H]5CCOC5)c4)cc3)CC1)n1cncc1-2.Fc1cccc2c1C(C1CCN(c3ccc(Br)cc3)CC1)n1cncc1-2.O=C(O)C(F)(F)F.O=C(O)C(F)(F)F. The second-order valence-corrected chi connectivity index (χ2v) is 35.9. The van der Waals surface area contributed by atoms with Crippen molar-refractivity contribution in [1.82, 2.24) is 58.0 Å². The van der Waals surface area contributed by atoms with Crippen LogP contribution < -0.4 is 20.2 Å². The number of carboxylic acids is 2. The van der Waals surface area contributed by atoms with Gasteiger partial charge in [0.2, 0.25) is 0 Å². The van der Waals surface area contributed by atoms with Gasteiger partial charge in [0.25, 0.3) is 0 Å². The van der Waals surface area contributed by atoms with Crippen molar-refractivity contribution >= 4 is 57.5 Å². The number of imidazole rings is 3. The molecule has 7 saturated heterocycles. The first kappa shape index (κ1) is 89.6. The second-order valence-electron chi connectivity index (χ2n) is 35.0. The summed E-state index contributed by atoms with van der Waals surface area (Å²) in [6.07, 6.45) is 22.3. The zero-order valence-corrected chi connectivity index (χ0v) is 73.0. The molecule has 0 bridgehead atoms. The highest BCUT2D eigenvalue weighted by Gasteiger charge is 2.53. The molecule has 10 aliphatic heterocycles. The van der Waals surface area contributed by atoms with Crippen molar-refractivity contribution in [3.05, 3.63) is 241 Å². The van der Waals surface area contributed by atoms with Crippen LogP contribution in [0, 0.1) is 35.2 Å². The number of fused-ring (bicyclic) bond motifs is 9. The van der Waals surface area contributed by atoms with E-state index in [1.165, 1.54) is 28.2 Å². The van der Waals surface area contributed by atoms with Crippen LogP contribution in [0.3, 0.4) is 0 Å². The van der Waals surface area contributed by atoms with E-state index in [4.69, 9.17) is 43.3 Å². The second kappa shape index (κ2) is 37.6. The Morgan fingerprint density at radius 2 is 0.713 bits per heavy atom. The predicted molar refractivity (Wildman–Crippen MR) is 470 cm³/mol. The summed E-state index contributed by atoms with van der Waals surface area (Å²) in [4.78, 5) is 38.1. The average Bonchev–Trinajstić information content (AvgIpc) is 1.60. The Bertz CT molecular complexity index is 5630. The van der Waals surface area contributed by atoms with Gasteiger partial charge in [-0.2, -0.15) is 41.6 Å². The van der Waals surface area contributed by atoms with Crippen molar-refractivity contribution in [2.45, 2.75) is 145 Å². The van der Waals surface area contributed by atoms with Crippen molar-refractivity contribution in [3.63, 3.8) is 0 Å². The number of rotatable bonds is 12. The number of anilines is 3. The van der Waals surface area contributed by atoms with Gasteiger partial charge in [-0.1, -0.05) is 76.6 Å². The van der Waals surface area contributed by atoms with E-state index in [-0.39, 0.29) is 53.9 Å². The van der Waals surface area contributed by atoms with Crippen LogP contribution in [-0.2, 0) is 33.1 Å². The quantitative estimate of drug-likeness (QED) is 0.0854. The van der Waals surface area contributed by atoms with Gasteiger partial charge >= 0.3 is 31.4 Å². The minimum Gasteiger partial charge on any atom is -0.475 e. The molecule has 24 nitrogen and oxygen atoms in total. The molecule has 6 aromatic heterocycles. The molecule has 129 heavy (non-hydrogen) atoms. The fraction of sp³-hybridized carbons (Fsp3) is 0.404. The minimum absolute atomic E-state index is 0.0371. The van der Waals surface area contributed by atoms with Crippen molar-refractivity contribution in [2.75, 3.05) is 93.6 Å². The van der Waals surface area contributed by atoms with Gasteiger partial charge in [-0.15, -0.1) is 0 Å². The summed E-state index contributed by atoms with van der Waals surface area (Å²) >= 11 is 3.49. The summed E-state index contributed by atoms with van der Waals surface area (Å²) in [6, 6.07) is 43.5. The number of alkyl halides is 6. The van der Waals surface area contributed by atoms with Crippen molar-refractivity contribution in [2.24, 2.45) is 17.8 Å². The van der Waals surface area contributed by atoms with E-state index in [0.29, 0.717) is 35.9 Å². The fourth-order valence-corrected chi connectivity index (χ4v) is 19.5. The molecule has 0 saturated carbocycles. The molecule has 10 aliphatic rings. The summed E-state index contributed by atoms with van der Waals surface area (Å²) in [5, 5.41) is 27.8. The molecule has 0 amide bonds. The Morgan fingerprint density at radius 3 is 1.02 bits per heavy atom. The maximum Gasteiger partial charge on any atom is 0.498 e. The van der Waals surface area contributed by atoms with Crippen LogP contribution in [0.4, 0.5) is 56.6 Å². The third-order valence-corrected chi connectivity index (χ3v) is 27.3. The number of halogens is 10. The van der Waals surface area contributed by atoms with Crippen molar-refractivity contribution in [3.8, 4) is 56.0 Å². The molecule has 0 aliphatic carbocycles. The highest BCUT2D eigenvalue weighted by molar-refractivity contribution is 9.10. The maximum atomic E-state index is 14.9. The maximum absolute atomic E-state index is 14.9. The van der Waals surface area contributed by atoms with Gasteiger partial charge in [0.1, 0.15) is 17.5 Å². The molecule has 6 atom stereocenters. The molecule has 12 aromatic rings. The topological polar surface area (TPSA) is 237 Å². The van der Waals surface area contributed by atoms with Crippen molar-refractivity contribution in [1.29, 1.82) is 0 Å². The van der Waals surface area contributed by atoms with Gasteiger partial charge in [-0.3, -0.25) is 14.0 Å². The largest absolute Gasteiger partial charge is 0.498 e. The summed E-state index contributed by atoms with van der Waals surface area (Å²) in [5.41, 5.74) is 17.4. The minimum atomic E-state index is -5.08. The number of hydrogen-bond acceptors (Lipinski definition) is 16. The third-order valence-electron chi connectivity index (χ3n) is 26.7. The van der Waals surface area contributed by atoms with E-state index >= 15 is 0 Å². The Kier molecular flexibility index (Phi) is 26.1. The highest BCUT2D eigenvalue weighted by Crippen LogP contribution is 2.51. The zero-order chi connectivity index (χ0) is 90.2. The monoisotopic (exact) mass is 1840 g/mol. The number of aromatic nitrogens is 12. The molecule has 35 heteroatoms.